The molecule has 0 atom stereocenters. The van der Waals surface area contributed by atoms with E-state index < -0.39 is 22.5 Å². The van der Waals surface area contributed by atoms with Crippen LogP contribution in [0.5, 0.6) is 0 Å². The summed E-state index contributed by atoms with van der Waals surface area (Å²) in [5, 5.41) is 3.89. The van der Waals surface area contributed by atoms with Gasteiger partial charge in [0.1, 0.15) is 6.54 Å². The molecule has 0 fully saturated rings. The summed E-state index contributed by atoms with van der Waals surface area (Å²) >= 11 is 0. The lowest BCUT2D eigenvalue weighted by Crippen LogP contribution is -2.40. The summed E-state index contributed by atoms with van der Waals surface area (Å²) in [6.45, 7) is 3.26. The fraction of sp³-hybridized carbons (Fsp3) is 0.136. The summed E-state index contributed by atoms with van der Waals surface area (Å²) in [5.74, 6) is -0.561. The molecule has 0 aliphatic carbocycles. The highest BCUT2D eigenvalue weighted by Crippen LogP contribution is 2.26. The average Bonchev–Trinajstić information content (AvgIpc) is 2.74. The van der Waals surface area contributed by atoms with E-state index in [2.05, 4.69) is 15.5 Å². The molecular formula is C22H22N4O3S. The number of benzene rings is 2. The summed E-state index contributed by atoms with van der Waals surface area (Å²) in [7, 11) is -3.96. The van der Waals surface area contributed by atoms with Crippen LogP contribution in [0, 0.1) is 13.8 Å². The summed E-state index contributed by atoms with van der Waals surface area (Å²) in [6, 6.07) is 17.1. The van der Waals surface area contributed by atoms with Crippen LogP contribution in [0.1, 0.15) is 16.7 Å². The molecule has 7 nitrogen and oxygen atoms in total. The largest absolute Gasteiger partial charge is 0.271 e. The fourth-order valence-corrected chi connectivity index (χ4v) is 4.26. The number of nitrogens with zero attached hydrogens (tertiary/aromatic N) is 3. The Kier molecular flexibility index (Phi) is 6.58. The fourth-order valence-electron chi connectivity index (χ4n) is 2.78. The van der Waals surface area contributed by atoms with E-state index in [1.54, 1.807) is 61.8 Å². The first-order valence-electron chi connectivity index (χ1n) is 9.25. The quantitative estimate of drug-likeness (QED) is 0.468. The van der Waals surface area contributed by atoms with Crippen LogP contribution in [-0.2, 0) is 14.8 Å². The van der Waals surface area contributed by atoms with Crippen molar-refractivity contribution in [3.63, 3.8) is 0 Å². The predicted octanol–water partition coefficient (Wildman–Crippen LogP) is 3.04. The molecule has 1 heterocycles. The maximum atomic E-state index is 13.3. The molecule has 8 heteroatoms. The van der Waals surface area contributed by atoms with Gasteiger partial charge in [0.05, 0.1) is 16.8 Å². The van der Waals surface area contributed by atoms with Crippen molar-refractivity contribution < 1.29 is 13.2 Å². The van der Waals surface area contributed by atoms with E-state index >= 15 is 0 Å². The molecule has 154 valence electrons. The molecule has 3 aromatic rings. The van der Waals surface area contributed by atoms with Crippen molar-refractivity contribution in [1.82, 2.24) is 10.4 Å². The normalized spacial score (nSPS) is 11.4. The molecule has 0 saturated heterocycles. The van der Waals surface area contributed by atoms with E-state index in [-0.39, 0.29) is 4.90 Å². The first-order chi connectivity index (χ1) is 14.4. The third kappa shape index (κ3) is 5.09. The number of amides is 1. The van der Waals surface area contributed by atoms with Gasteiger partial charge in [-0.15, -0.1) is 0 Å². The highest BCUT2D eigenvalue weighted by atomic mass is 32.2. The summed E-state index contributed by atoms with van der Waals surface area (Å²) in [6.07, 6.45) is 4.67. The van der Waals surface area contributed by atoms with Gasteiger partial charge >= 0.3 is 0 Å². The molecule has 1 amide bonds. The number of hydrazone groups is 1. The Morgan fingerprint density at radius 2 is 1.80 bits per heavy atom. The predicted molar refractivity (Wildman–Crippen MR) is 117 cm³/mol. The van der Waals surface area contributed by atoms with E-state index in [1.807, 2.05) is 13.0 Å². The Morgan fingerprint density at radius 3 is 2.47 bits per heavy atom. The number of hydrogen-bond donors (Lipinski definition) is 1. The maximum absolute atomic E-state index is 13.3. The Labute approximate surface area is 176 Å². The molecule has 0 aliphatic rings. The molecule has 1 N–H and O–H groups in total. The van der Waals surface area contributed by atoms with Crippen LogP contribution in [0.25, 0.3) is 0 Å². The van der Waals surface area contributed by atoms with Gasteiger partial charge in [0, 0.05) is 18.0 Å². The first-order valence-corrected chi connectivity index (χ1v) is 10.7. The molecule has 0 bridgehead atoms. The number of pyridine rings is 1. The van der Waals surface area contributed by atoms with Crippen LogP contribution in [0.2, 0.25) is 0 Å². The Balaban J connectivity index is 1.87. The molecule has 0 saturated carbocycles. The minimum absolute atomic E-state index is 0.114. The van der Waals surface area contributed by atoms with Gasteiger partial charge < -0.3 is 0 Å². The van der Waals surface area contributed by atoms with E-state index in [9.17, 15) is 13.2 Å². The van der Waals surface area contributed by atoms with Gasteiger partial charge in [-0.25, -0.2) is 13.8 Å². The first kappa shape index (κ1) is 21.2. The van der Waals surface area contributed by atoms with Gasteiger partial charge in [0.15, 0.2) is 0 Å². The minimum atomic E-state index is -3.96. The van der Waals surface area contributed by atoms with E-state index in [0.29, 0.717) is 11.3 Å². The van der Waals surface area contributed by atoms with Gasteiger partial charge in [-0.3, -0.25) is 14.1 Å². The molecule has 3 rings (SSSR count). The van der Waals surface area contributed by atoms with Gasteiger partial charge in [0.2, 0.25) is 0 Å². The molecular weight excluding hydrogens is 400 g/mol. The van der Waals surface area contributed by atoms with Crippen LogP contribution in [-0.4, -0.2) is 32.1 Å². The molecule has 0 radical (unpaired) electrons. The van der Waals surface area contributed by atoms with Crippen LogP contribution >= 0.6 is 0 Å². The van der Waals surface area contributed by atoms with Crippen LogP contribution < -0.4 is 9.73 Å². The second kappa shape index (κ2) is 9.32. The Morgan fingerprint density at radius 1 is 1.07 bits per heavy atom. The molecule has 2 aromatic carbocycles. The van der Waals surface area contributed by atoms with Crippen molar-refractivity contribution >= 4 is 27.8 Å². The second-order valence-corrected chi connectivity index (χ2v) is 8.55. The summed E-state index contributed by atoms with van der Waals surface area (Å²) in [4.78, 5) is 16.6. The number of para-hydroxylation sites is 1. The van der Waals surface area contributed by atoms with Crippen LogP contribution in [0.3, 0.4) is 0 Å². The van der Waals surface area contributed by atoms with Crippen molar-refractivity contribution in [2.45, 2.75) is 18.7 Å². The highest BCUT2D eigenvalue weighted by molar-refractivity contribution is 7.92. The summed E-state index contributed by atoms with van der Waals surface area (Å²) < 4.78 is 27.8. The lowest BCUT2D eigenvalue weighted by Gasteiger charge is -2.25. The zero-order valence-corrected chi connectivity index (χ0v) is 17.5. The van der Waals surface area contributed by atoms with Crippen molar-refractivity contribution in [2.75, 3.05) is 10.8 Å². The number of carbonyl (C=O) groups excluding carboxylic acids is 1. The molecule has 0 aliphatic heterocycles. The molecule has 0 spiro atoms. The number of nitrogens with one attached hydrogen (secondary N) is 1. The van der Waals surface area contributed by atoms with Crippen LogP contribution in [0.15, 0.2) is 83.1 Å². The topological polar surface area (TPSA) is 91.7 Å². The molecule has 30 heavy (non-hydrogen) atoms. The Bertz CT molecular complexity index is 1140. The zero-order valence-electron chi connectivity index (χ0n) is 16.7. The molecule has 0 unspecified atom stereocenters. The summed E-state index contributed by atoms with van der Waals surface area (Å²) in [5.41, 5.74) is 5.20. The lowest BCUT2D eigenvalue weighted by molar-refractivity contribution is -0.119. The van der Waals surface area contributed by atoms with Crippen molar-refractivity contribution in [3.8, 4) is 0 Å². The van der Waals surface area contributed by atoms with Crippen LogP contribution in [0.4, 0.5) is 5.69 Å². The van der Waals surface area contributed by atoms with Gasteiger partial charge in [-0.2, -0.15) is 5.10 Å². The van der Waals surface area contributed by atoms with Gasteiger partial charge in [-0.1, -0.05) is 42.0 Å². The standard InChI is InChI=1S/C22H22N4O3S/c1-17-9-11-20(12-10-17)30(28,29)26(21-8-4-3-6-18(21)2)16-22(27)25-24-15-19-7-5-13-23-14-19/h3-15H,16H2,1-2H3,(H,25,27)/b24-15+. The smallest absolute Gasteiger partial charge is 0.264 e. The number of hydrogen-bond acceptors (Lipinski definition) is 5. The SMILES string of the molecule is Cc1ccc(S(=O)(=O)N(CC(=O)N/N=C/c2cccnc2)c2ccccc2C)cc1. The van der Waals surface area contributed by atoms with Crippen molar-refractivity contribution in [3.05, 3.63) is 89.7 Å². The van der Waals surface area contributed by atoms with Gasteiger partial charge in [-0.05, 0) is 43.7 Å². The number of rotatable bonds is 7. The monoisotopic (exact) mass is 422 g/mol. The number of sulfonamides is 1. The number of aromatic nitrogens is 1. The maximum Gasteiger partial charge on any atom is 0.264 e. The lowest BCUT2D eigenvalue weighted by atomic mass is 10.2. The van der Waals surface area contributed by atoms with E-state index in [1.165, 1.54) is 18.3 Å². The number of anilines is 1. The van der Waals surface area contributed by atoms with Crippen molar-refractivity contribution in [1.29, 1.82) is 0 Å². The Hall–Kier alpha value is -3.52. The second-order valence-electron chi connectivity index (χ2n) is 6.69. The van der Waals surface area contributed by atoms with Crippen molar-refractivity contribution in [2.24, 2.45) is 5.10 Å². The molecule has 1 aromatic heterocycles. The average molecular weight is 423 g/mol. The van der Waals surface area contributed by atoms with Gasteiger partial charge in [0.25, 0.3) is 15.9 Å². The third-order valence-corrected chi connectivity index (χ3v) is 6.14. The third-order valence-electron chi connectivity index (χ3n) is 4.37. The highest BCUT2D eigenvalue weighted by Gasteiger charge is 2.28. The number of carbonyl (C=O) groups is 1. The zero-order chi connectivity index (χ0) is 21.6. The van der Waals surface area contributed by atoms with E-state index in [0.717, 1.165) is 15.4 Å². The minimum Gasteiger partial charge on any atom is -0.271 e. The van der Waals surface area contributed by atoms with E-state index in [4.69, 9.17) is 0 Å². The number of aryl methyl sites for hydroxylation is 2.